The average molecular weight is 401 g/mol. The summed E-state index contributed by atoms with van der Waals surface area (Å²) in [4.78, 5) is 13.3. The van der Waals surface area contributed by atoms with E-state index >= 15 is 0 Å². The van der Waals surface area contributed by atoms with E-state index in [0.29, 0.717) is 6.07 Å². The molecular formula is C8H2F6INO3. The van der Waals surface area contributed by atoms with Crippen LogP contribution in [0.2, 0.25) is 0 Å². The van der Waals surface area contributed by atoms with E-state index < -0.39 is 39.2 Å². The van der Waals surface area contributed by atoms with Crippen LogP contribution < -0.4 is 4.74 Å². The fourth-order valence-electron chi connectivity index (χ4n) is 1.03. The molecule has 0 saturated carbocycles. The Bertz CT molecular complexity index is 512. The molecule has 1 aromatic heterocycles. The van der Waals surface area contributed by atoms with Gasteiger partial charge in [-0.25, -0.2) is 9.78 Å². The zero-order chi connectivity index (χ0) is 15.0. The third-order valence-corrected chi connectivity index (χ3v) is 2.46. The number of ether oxygens (including phenoxy) is 1. The third kappa shape index (κ3) is 4.11. The number of carboxylic acid groups (broad SMARTS) is 1. The van der Waals surface area contributed by atoms with E-state index in [-0.39, 0.29) is 0 Å². The minimum absolute atomic E-state index is 0.313. The van der Waals surface area contributed by atoms with Crippen LogP contribution in [-0.4, -0.2) is 22.4 Å². The van der Waals surface area contributed by atoms with Crippen LogP contribution in [0.4, 0.5) is 26.3 Å². The lowest BCUT2D eigenvalue weighted by Crippen LogP contribution is -2.21. The van der Waals surface area contributed by atoms with Crippen molar-refractivity contribution >= 4 is 28.6 Å². The van der Waals surface area contributed by atoms with Gasteiger partial charge < -0.3 is 9.84 Å². The monoisotopic (exact) mass is 401 g/mol. The quantitative estimate of drug-likeness (QED) is 0.611. The molecule has 0 fully saturated rings. The molecule has 0 spiro atoms. The van der Waals surface area contributed by atoms with E-state index in [4.69, 9.17) is 5.11 Å². The molecule has 1 aromatic rings. The summed E-state index contributed by atoms with van der Waals surface area (Å²) in [7, 11) is 0. The molecule has 4 nitrogen and oxygen atoms in total. The topological polar surface area (TPSA) is 59.4 Å². The van der Waals surface area contributed by atoms with Crippen molar-refractivity contribution in [3.05, 3.63) is 21.0 Å². The second-order valence-corrected chi connectivity index (χ2v) is 4.18. The molecule has 11 heteroatoms. The molecule has 0 atom stereocenters. The lowest BCUT2D eigenvalue weighted by atomic mass is 10.2. The van der Waals surface area contributed by atoms with Crippen LogP contribution in [0, 0.1) is 3.57 Å². The van der Waals surface area contributed by atoms with Crippen molar-refractivity contribution in [1.82, 2.24) is 4.98 Å². The molecule has 0 amide bonds. The lowest BCUT2D eigenvalue weighted by Gasteiger charge is -2.14. The van der Waals surface area contributed by atoms with Crippen LogP contribution in [0.25, 0.3) is 0 Å². The Labute approximate surface area is 114 Å². The molecule has 0 aliphatic heterocycles. The highest BCUT2D eigenvalue weighted by atomic mass is 127. The average Bonchev–Trinajstić information content (AvgIpc) is 2.11. The number of pyridine rings is 1. The van der Waals surface area contributed by atoms with Gasteiger partial charge in [-0.05, 0) is 28.7 Å². The normalized spacial score (nSPS) is 12.4. The summed E-state index contributed by atoms with van der Waals surface area (Å²) in [6, 6.07) is 0.313. The van der Waals surface area contributed by atoms with Gasteiger partial charge in [0.25, 0.3) is 0 Å². The Morgan fingerprint density at radius 2 is 1.79 bits per heavy atom. The lowest BCUT2D eigenvalue weighted by molar-refractivity contribution is -0.274. The maximum Gasteiger partial charge on any atom is 0.573 e. The van der Waals surface area contributed by atoms with Crippen LogP contribution in [0.1, 0.15) is 16.2 Å². The number of alkyl halides is 6. The Hall–Kier alpha value is -1.27. The predicted molar refractivity (Wildman–Crippen MR) is 55.6 cm³/mol. The van der Waals surface area contributed by atoms with E-state index in [1.54, 1.807) is 0 Å². The number of hydrogen-bond donors (Lipinski definition) is 1. The summed E-state index contributed by atoms with van der Waals surface area (Å²) in [5.41, 5.74) is -3.06. The summed E-state index contributed by atoms with van der Waals surface area (Å²) >= 11 is 1.08. The van der Waals surface area contributed by atoms with Gasteiger partial charge in [-0.15, -0.1) is 13.2 Å². The van der Waals surface area contributed by atoms with Gasteiger partial charge in [0.2, 0.25) is 0 Å². The fraction of sp³-hybridized carbons (Fsp3) is 0.250. The van der Waals surface area contributed by atoms with Gasteiger partial charge in [0.1, 0.15) is 0 Å². The molecule has 1 N–H and O–H groups in total. The van der Waals surface area contributed by atoms with Crippen LogP contribution in [0.5, 0.6) is 5.75 Å². The maximum absolute atomic E-state index is 12.4. The second kappa shape index (κ2) is 5.02. The van der Waals surface area contributed by atoms with Crippen molar-refractivity contribution in [2.45, 2.75) is 12.5 Å². The first-order valence-corrected chi connectivity index (χ1v) is 5.26. The summed E-state index contributed by atoms with van der Waals surface area (Å²) in [5.74, 6) is -3.38. The molecule has 0 unspecified atom stereocenters. The number of aromatic carboxylic acids is 1. The minimum Gasteiger partial charge on any atom is -0.476 e. The maximum atomic E-state index is 12.4. The van der Waals surface area contributed by atoms with Gasteiger partial charge in [0.05, 0.1) is 0 Å². The van der Waals surface area contributed by atoms with Gasteiger partial charge in [-0.3, -0.25) is 0 Å². The summed E-state index contributed by atoms with van der Waals surface area (Å²) in [6.45, 7) is 0. The zero-order valence-corrected chi connectivity index (χ0v) is 10.6. The van der Waals surface area contributed by atoms with Crippen molar-refractivity contribution in [1.29, 1.82) is 0 Å². The summed E-state index contributed by atoms with van der Waals surface area (Å²) in [6.07, 6.45) is -10.2. The molecule has 0 saturated heterocycles. The highest BCUT2D eigenvalue weighted by Gasteiger charge is 2.39. The smallest absolute Gasteiger partial charge is 0.476 e. The number of carboxylic acids is 1. The number of carbonyl (C=O) groups is 1. The largest absolute Gasteiger partial charge is 0.573 e. The summed E-state index contributed by atoms with van der Waals surface area (Å²) < 4.78 is 75.9. The van der Waals surface area contributed by atoms with Gasteiger partial charge in [-0.1, -0.05) is 0 Å². The van der Waals surface area contributed by atoms with Gasteiger partial charge in [0.15, 0.2) is 17.1 Å². The molecule has 0 aromatic carbocycles. The Kier molecular flexibility index (Phi) is 4.17. The molecule has 106 valence electrons. The van der Waals surface area contributed by atoms with E-state index in [1.807, 2.05) is 0 Å². The third-order valence-electron chi connectivity index (χ3n) is 1.64. The first-order valence-electron chi connectivity index (χ1n) is 4.18. The number of nitrogens with zero attached hydrogens (tertiary/aromatic N) is 1. The number of rotatable bonds is 2. The first-order chi connectivity index (χ1) is 8.42. The van der Waals surface area contributed by atoms with Crippen molar-refractivity contribution in [2.75, 3.05) is 0 Å². The van der Waals surface area contributed by atoms with Crippen LogP contribution in [0.3, 0.4) is 0 Å². The van der Waals surface area contributed by atoms with Crippen molar-refractivity contribution in [3.63, 3.8) is 0 Å². The molecular weight excluding hydrogens is 399 g/mol. The predicted octanol–water partition coefficient (Wildman–Crippen LogP) is 3.30. The zero-order valence-electron chi connectivity index (χ0n) is 8.43. The fourth-order valence-corrected chi connectivity index (χ4v) is 1.74. The van der Waals surface area contributed by atoms with Crippen molar-refractivity contribution in [2.24, 2.45) is 0 Å². The highest BCUT2D eigenvalue weighted by molar-refractivity contribution is 14.1. The molecule has 1 rings (SSSR count). The number of aromatic nitrogens is 1. The second-order valence-electron chi connectivity index (χ2n) is 3.02. The molecule has 0 radical (unpaired) electrons. The number of halogens is 7. The van der Waals surface area contributed by atoms with Crippen LogP contribution in [0.15, 0.2) is 6.07 Å². The SMILES string of the molecule is O=C(O)c1nc(C(F)(F)F)c(I)cc1OC(F)(F)F. The van der Waals surface area contributed by atoms with Crippen LogP contribution in [-0.2, 0) is 6.18 Å². The minimum atomic E-state index is -5.24. The number of hydrogen-bond acceptors (Lipinski definition) is 3. The molecule has 0 aliphatic rings. The van der Waals surface area contributed by atoms with E-state index in [9.17, 15) is 31.1 Å². The van der Waals surface area contributed by atoms with Crippen molar-refractivity contribution in [3.8, 4) is 5.75 Å². The van der Waals surface area contributed by atoms with Crippen molar-refractivity contribution < 1.29 is 41.0 Å². The molecule has 0 bridgehead atoms. The molecule has 0 aliphatic carbocycles. The van der Waals surface area contributed by atoms with E-state index in [0.717, 1.165) is 22.6 Å². The van der Waals surface area contributed by atoms with Gasteiger partial charge >= 0.3 is 18.5 Å². The molecule has 1 heterocycles. The van der Waals surface area contributed by atoms with E-state index in [2.05, 4.69) is 9.72 Å². The first kappa shape index (κ1) is 15.8. The van der Waals surface area contributed by atoms with Gasteiger partial charge in [0, 0.05) is 3.57 Å². The standard InChI is InChI=1S/C8H2F6INO3/c9-7(10,11)5-2(15)1-3(19-8(12,13)14)4(16-5)6(17)18/h1H,(H,17,18). The van der Waals surface area contributed by atoms with Gasteiger partial charge in [-0.2, -0.15) is 13.2 Å². The van der Waals surface area contributed by atoms with E-state index in [1.165, 1.54) is 0 Å². The Morgan fingerprint density at radius 1 is 1.26 bits per heavy atom. The van der Waals surface area contributed by atoms with Crippen LogP contribution >= 0.6 is 22.6 Å². The Morgan fingerprint density at radius 3 is 2.16 bits per heavy atom. The Balaban J connectivity index is 3.42. The highest BCUT2D eigenvalue weighted by Crippen LogP contribution is 2.35. The molecule has 19 heavy (non-hydrogen) atoms. The summed E-state index contributed by atoms with van der Waals surface area (Å²) in [5, 5.41) is 8.56.